The molecule has 0 bridgehead atoms. The van der Waals surface area contributed by atoms with Gasteiger partial charge in [0, 0.05) is 25.0 Å². The summed E-state index contributed by atoms with van der Waals surface area (Å²) in [4.78, 5) is 19.5. The third-order valence-electron chi connectivity index (χ3n) is 5.42. The third kappa shape index (κ3) is 3.29. The van der Waals surface area contributed by atoms with Crippen molar-refractivity contribution in [3.63, 3.8) is 0 Å². The van der Waals surface area contributed by atoms with Gasteiger partial charge in [-0.2, -0.15) is 5.10 Å². The fourth-order valence-corrected chi connectivity index (χ4v) is 3.89. The molecular weight excluding hydrogens is 340 g/mol. The average Bonchev–Trinajstić information content (AvgIpc) is 3.26. The van der Waals surface area contributed by atoms with Crippen molar-refractivity contribution in [3.05, 3.63) is 47.5 Å². The van der Waals surface area contributed by atoms with Gasteiger partial charge in [0.2, 0.25) is 0 Å². The van der Waals surface area contributed by atoms with Gasteiger partial charge in [-0.1, -0.05) is 19.9 Å². The number of likely N-dealkylation sites (tertiary alicyclic amines) is 1. The lowest BCUT2D eigenvalue weighted by Crippen LogP contribution is -2.41. The van der Waals surface area contributed by atoms with E-state index in [1.54, 1.807) is 0 Å². The van der Waals surface area contributed by atoms with E-state index >= 15 is 0 Å². The zero-order chi connectivity index (χ0) is 19.0. The van der Waals surface area contributed by atoms with Gasteiger partial charge in [0.1, 0.15) is 11.5 Å². The van der Waals surface area contributed by atoms with Gasteiger partial charge in [-0.05, 0) is 49.3 Å². The van der Waals surface area contributed by atoms with E-state index in [0.717, 1.165) is 48.8 Å². The smallest absolute Gasteiger partial charge is 0.323 e. The molecule has 7 heteroatoms. The number of aryl methyl sites for hydroxylation is 1. The Labute approximate surface area is 158 Å². The fraction of sp³-hybridized carbons (Fsp3) is 0.450. The van der Waals surface area contributed by atoms with Crippen LogP contribution in [0.1, 0.15) is 55.5 Å². The van der Waals surface area contributed by atoms with Crippen molar-refractivity contribution < 1.29 is 4.79 Å². The first-order valence-corrected chi connectivity index (χ1v) is 9.57. The van der Waals surface area contributed by atoms with Gasteiger partial charge in [-0.15, -0.1) is 0 Å². The van der Waals surface area contributed by atoms with E-state index < -0.39 is 0 Å². The number of fused-ring (bicyclic) bond motifs is 1. The summed E-state index contributed by atoms with van der Waals surface area (Å²) in [5, 5.41) is 10.3. The minimum Gasteiger partial charge on any atom is -0.324 e. The number of rotatable bonds is 3. The number of H-pyrrole nitrogens is 1. The van der Waals surface area contributed by atoms with Gasteiger partial charge in [0.15, 0.2) is 0 Å². The Kier molecular flexibility index (Phi) is 4.59. The van der Waals surface area contributed by atoms with E-state index in [-0.39, 0.29) is 11.9 Å². The number of amides is 2. The normalized spacial score (nSPS) is 15.6. The number of hydrogen-bond acceptors (Lipinski definition) is 3. The van der Waals surface area contributed by atoms with Crippen LogP contribution in [-0.4, -0.2) is 43.6 Å². The highest BCUT2D eigenvalue weighted by molar-refractivity contribution is 5.89. The minimum absolute atomic E-state index is 0.0510. The molecule has 2 N–H and O–H groups in total. The highest BCUT2D eigenvalue weighted by Gasteiger charge is 2.27. The molecule has 0 radical (unpaired) electrons. The molecule has 1 aliphatic rings. The average molecular weight is 366 g/mol. The largest absolute Gasteiger partial charge is 0.324 e. The van der Waals surface area contributed by atoms with Crippen LogP contribution in [0, 0.1) is 6.92 Å². The molecule has 27 heavy (non-hydrogen) atoms. The quantitative estimate of drug-likeness (QED) is 0.738. The Morgan fingerprint density at radius 2 is 2.07 bits per heavy atom. The SMILES string of the molecule is Cc1[nH]ncc1C1CCN(C(=O)Nc2c(C(C)C)nc3ccccn23)CC1. The van der Waals surface area contributed by atoms with Gasteiger partial charge in [-0.3, -0.25) is 14.8 Å². The predicted molar refractivity (Wildman–Crippen MR) is 105 cm³/mol. The fourth-order valence-electron chi connectivity index (χ4n) is 3.89. The molecule has 142 valence electrons. The zero-order valence-corrected chi connectivity index (χ0v) is 16.1. The standard InChI is InChI=1S/C20H26N6O/c1-13(2)18-19(26-9-5-4-6-17(26)22-18)23-20(27)25-10-7-15(8-11-25)16-12-21-24-14(16)3/h4-6,9,12-13,15H,7-8,10-11H2,1-3H3,(H,21,24)(H,23,27). The zero-order valence-electron chi connectivity index (χ0n) is 16.1. The second-order valence-electron chi connectivity index (χ2n) is 7.57. The van der Waals surface area contributed by atoms with Gasteiger partial charge < -0.3 is 4.90 Å². The number of carbonyl (C=O) groups excluding carboxylic acids is 1. The van der Waals surface area contributed by atoms with E-state index in [9.17, 15) is 4.79 Å². The molecule has 1 fully saturated rings. The molecule has 0 atom stereocenters. The van der Waals surface area contributed by atoms with E-state index in [2.05, 4.69) is 41.3 Å². The summed E-state index contributed by atoms with van der Waals surface area (Å²) >= 11 is 0. The summed E-state index contributed by atoms with van der Waals surface area (Å²) in [5.74, 6) is 1.48. The highest BCUT2D eigenvalue weighted by Crippen LogP contribution is 2.30. The predicted octanol–water partition coefficient (Wildman–Crippen LogP) is 3.90. The maximum atomic E-state index is 12.9. The van der Waals surface area contributed by atoms with Gasteiger partial charge >= 0.3 is 6.03 Å². The molecule has 1 aliphatic heterocycles. The van der Waals surface area contributed by atoms with Crippen LogP contribution in [-0.2, 0) is 0 Å². The van der Waals surface area contributed by atoms with E-state index in [1.807, 2.05) is 39.9 Å². The summed E-state index contributed by atoms with van der Waals surface area (Å²) in [6, 6.07) is 5.82. The number of carbonyl (C=O) groups is 1. The monoisotopic (exact) mass is 366 g/mol. The van der Waals surface area contributed by atoms with Crippen LogP contribution in [0.25, 0.3) is 5.65 Å². The number of urea groups is 1. The summed E-state index contributed by atoms with van der Waals surface area (Å²) < 4.78 is 1.95. The third-order valence-corrected chi connectivity index (χ3v) is 5.42. The number of anilines is 1. The number of nitrogens with one attached hydrogen (secondary N) is 2. The summed E-state index contributed by atoms with van der Waals surface area (Å²) in [7, 11) is 0. The number of nitrogens with zero attached hydrogens (tertiary/aromatic N) is 4. The van der Waals surface area contributed by atoms with Crippen LogP contribution in [0.2, 0.25) is 0 Å². The minimum atomic E-state index is -0.0510. The van der Waals surface area contributed by atoms with E-state index in [1.165, 1.54) is 5.56 Å². The molecule has 4 rings (SSSR count). The van der Waals surface area contributed by atoms with Gasteiger partial charge in [-0.25, -0.2) is 9.78 Å². The van der Waals surface area contributed by atoms with Gasteiger partial charge in [0.25, 0.3) is 0 Å². The number of hydrogen-bond donors (Lipinski definition) is 2. The van der Waals surface area contributed by atoms with Crippen LogP contribution in [0.5, 0.6) is 0 Å². The van der Waals surface area contributed by atoms with Crippen molar-refractivity contribution in [3.8, 4) is 0 Å². The second-order valence-corrected chi connectivity index (χ2v) is 7.57. The molecule has 3 aromatic heterocycles. The van der Waals surface area contributed by atoms with Crippen molar-refractivity contribution in [2.45, 2.75) is 45.4 Å². The lowest BCUT2D eigenvalue weighted by Gasteiger charge is -2.32. The van der Waals surface area contributed by atoms with Gasteiger partial charge in [0.05, 0.1) is 11.9 Å². The van der Waals surface area contributed by atoms with Crippen molar-refractivity contribution in [2.24, 2.45) is 0 Å². The summed E-state index contributed by atoms with van der Waals surface area (Å²) in [6.07, 6.45) is 5.77. The van der Waals surface area contributed by atoms with Crippen molar-refractivity contribution >= 4 is 17.5 Å². The maximum absolute atomic E-state index is 12.9. The van der Waals surface area contributed by atoms with Crippen molar-refractivity contribution in [1.29, 1.82) is 0 Å². The van der Waals surface area contributed by atoms with E-state index in [4.69, 9.17) is 0 Å². The lowest BCUT2D eigenvalue weighted by atomic mass is 9.90. The Balaban J connectivity index is 1.48. The number of aromatic nitrogens is 4. The van der Waals surface area contributed by atoms with Crippen LogP contribution in [0.15, 0.2) is 30.6 Å². The van der Waals surface area contributed by atoms with Crippen LogP contribution < -0.4 is 5.32 Å². The molecule has 3 aromatic rings. The van der Waals surface area contributed by atoms with E-state index in [0.29, 0.717) is 5.92 Å². The molecule has 0 saturated carbocycles. The van der Waals surface area contributed by atoms with Crippen LogP contribution in [0.4, 0.5) is 10.6 Å². The van der Waals surface area contributed by atoms with Crippen LogP contribution >= 0.6 is 0 Å². The number of pyridine rings is 1. The molecular formula is C20H26N6O. The maximum Gasteiger partial charge on any atom is 0.323 e. The first-order chi connectivity index (χ1) is 13.0. The lowest BCUT2D eigenvalue weighted by molar-refractivity contribution is 0.194. The Bertz CT molecular complexity index is 948. The van der Waals surface area contributed by atoms with Crippen LogP contribution in [0.3, 0.4) is 0 Å². The first kappa shape index (κ1) is 17.6. The Morgan fingerprint density at radius 3 is 2.74 bits per heavy atom. The Morgan fingerprint density at radius 1 is 1.30 bits per heavy atom. The number of piperidine rings is 1. The summed E-state index contributed by atoms with van der Waals surface area (Å²) in [5.41, 5.74) is 4.17. The number of aromatic amines is 1. The van der Waals surface area contributed by atoms with Crippen molar-refractivity contribution in [2.75, 3.05) is 18.4 Å². The molecule has 0 aliphatic carbocycles. The Hall–Kier alpha value is -2.83. The first-order valence-electron chi connectivity index (χ1n) is 9.57. The molecule has 2 amide bonds. The topological polar surface area (TPSA) is 78.3 Å². The molecule has 0 aromatic carbocycles. The molecule has 0 spiro atoms. The summed E-state index contributed by atoms with van der Waals surface area (Å²) in [6.45, 7) is 7.73. The van der Waals surface area contributed by atoms with Crippen molar-refractivity contribution in [1.82, 2.24) is 24.5 Å². The molecule has 4 heterocycles. The molecule has 0 unspecified atom stereocenters. The molecule has 7 nitrogen and oxygen atoms in total. The molecule has 1 saturated heterocycles. The number of imidazole rings is 1. The second kappa shape index (κ2) is 7.06. The highest BCUT2D eigenvalue weighted by atomic mass is 16.2.